The summed E-state index contributed by atoms with van der Waals surface area (Å²) < 4.78 is 5.78. The van der Waals surface area contributed by atoms with E-state index in [2.05, 4.69) is 28.4 Å². The lowest BCUT2D eigenvalue weighted by Gasteiger charge is -2.07. The Kier molecular flexibility index (Phi) is 4.93. The van der Waals surface area contributed by atoms with Crippen LogP contribution in [0.2, 0.25) is 0 Å². The van der Waals surface area contributed by atoms with Crippen molar-refractivity contribution in [2.45, 2.75) is 39.5 Å². The molecule has 3 N–H and O–H groups in total. The number of ether oxygens (including phenoxy) is 1. The van der Waals surface area contributed by atoms with E-state index in [1.165, 1.54) is 24.1 Å². The number of anilines is 1. The van der Waals surface area contributed by atoms with Gasteiger partial charge in [0, 0.05) is 4.88 Å². The predicted octanol–water partition coefficient (Wildman–Crippen LogP) is 3.24. The summed E-state index contributed by atoms with van der Waals surface area (Å²) in [5.74, 6) is 6.41. The zero-order valence-corrected chi connectivity index (χ0v) is 12.2. The number of nitrogens with one attached hydrogen (secondary N) is 1. The van der Waals surface area contributed by atoms with E-state index in [0.29, 0.717) is 18.4 Å². The zero-order chi connectivity index (χ0) is 13.7. The van der Waals surface area contributed by atoms with E-state index >= 15 is 0 Å². The van der Waals surface area contributed by atoms with Gasteiger partial charge in [0.25, 0.3) is 0 Å². The van der Waals surface area contributed by atoms with Crippen molar-refractivity contribution < 1.29 is 4.74 Å². The average Bonchev–Trinajstić information content (AvgIpc) is 2.78. The SMILES string of the molecule is CCCCCCOc1nc(NN)nc2sc(C)cc12. The Morgan fingerprint density at radius 1 is 1.32 bits per heavy atom. The number of rotatable bonds is 7. The quantitative estimate of drug-likeness (QED) is 0.463. The molecule has 2 heterocycles. The van der Waals surface area contributed by atoms with Gasteiger partial charge in [-0.3, -0.25) is 5.43 Å². The molecule has 0 bridgehead atoms. The summed E-state index contributed by atoms with van der Waals surface area (Å²) in [4.78, 5) is 10.7. The summed E-state index contributed by atoms with van der Waals surface area (Å²) in [5, 5.41) is 0.969. The first-order chi connectivity index (χ1) is 9.24. The van der Waals surface area contributed by atoms with Gasteiger partial charge in [-0.15, -0.1) is 11.3 Å². The van der Waals surface area contributed by atoms with Gasteiger partial charge in [-0.05, 0) is 19.4 Å². The van der Waals surface area contributed by atoms with Gasteiger partial charge in [0.15, 0.2) is 0 Å². The second-order valence-corrected chi connectivity index (χ2v) is 5.72. The van der Waals surface area contributed by atoms with Crippen molar-refractivity contribution in [3.05, 3.63) is 10.9 Å². The molecule has 0 spiro atoms. The maximum atomic E-state index is 5.78. The van der Waals surface area contributed by atoms with Crippen LogP contribution < -0.4 is 16.0 Å². The van der Waals surface area contributed by atoms with Crippen LogP contribution in [0.5, 0.6) is 5.88 Å². The van der Waals surface area contributed by atoms with Gasteiger partial charge in [0.2, 0.25) is 11.8 Å². The minimum atomic E-state index is 0.401. The minimum absolute atomic E-state index is 0.401. The first-order valence-corrected chi connectivity index (χ1v) is 7.44. The number of fused-ring (bicyclic) bond motifs is 1. The van der Waals surface area contributed by atoms with Crippen LogP contribution in [0.4, 0.5) is 5.95 Å². The Morgan fingerprint density at radius 2 is 2.16 bits per heavy atom. The monoisotopic (exact) mass is 280 g/mol. The van der Waals surface area contributed by atoms with Gasteiger partial charge >= 0.3 is 0 Å². The Bertz CT molecular complexity index is 541. The standard InChI is InChI=1S/C13H20N4OS/c1-3-4-5-6-7-18-11-10-8-9(2)19-12(10)16-13(15-11)17-14/h8H,3-7,14H2,1-2H3,(H,15,16,17). The molecule has 0 amide bonds. The lowest BCUT2D eigenvalue weighted by Crippen LogP contribution is -2.11. The number of hydrazine groups is 1. The Labute approximate surface area is 117 Å². The van der Waals surface area contributed by atoms with Crippen molar-refractivity contribution in [3.8, 4) is 5.88 Å². The summed E-state index contributed by atoms with van der Waals surface area (Å²) in [7, 11) is 0. The average molecular weight is 280 g/mol. The molecule has 0 aromatic carbocycles. The number of hydrogen-bond donors (Lipinski definition) is 2. The molecule has 0 saturated carbocycles. The molecule has 0 radical (unpaired) electrons. The number of thiophene rings is 1. The zero-order valence-electron chi connectivity index (χ0n) is 11.4. The summed E-state index contributed by atoms with van der Waals surface area (Å²) in [6, 6.07) is 2.06. The molecule has 0 unspecified atom stereocenters. The second-order valence-electron chi connectivity index (χ2n) is 4.48. The molecule has 0 aliphatic carbocycles. The molecule has 0 fully saturated rings. The maximum absolute atomic E-state index is 5.78. The van der Waals surface area contributed by atoms with Gasteiger partial charge in [0.1, 0.15) is 4.83 Å². The van der Waals surface area contributed by atoms with Crippen molar-refractivity contribution >= 4 is 27.5 Å². The molecule has 0 saturated heterocycles. The number of unbranched alkanes of at least 4 members (excludes halogenated alkanes) is 3. The van der Waals surface area contributed by atoms with Crippen LogP contribution >= 0.6 is 11.3 Å². The lowest BCUT2D eigenvalue weighted by molar-refractivity contribution is 0.298. The van der Waals surface area contributed by atoms with Crippen LogP contribution in [-0.4, -0.2) is 16.6 Å². The fourth-order valence-electron chi connectivity index (χ4n) is 1.89. The molecule has 0 aliphatic rings. The smallest absolute Gasteiger partial charge is 0.241 e. The van der Waals surface area contributed by atoms with Crippen LogP contribution in [0.3, 0.4) is 0 Å². The highest BCUT2D eigenvalue weighted by molar-refractivity contribution is 7.18. The number of nitrogens with two attached hydrogens (primary N) is 1. The highest BCUT2D eigenvalue weighted by Gasteiger charge is 2.11. The third kappa shape index (κ3) is 3.54. The molecule has 19 heavy (non-hydrogen) atoms. The van der Waals surface area contributed by atoms with Gasteiger partial charge in [-0.1, -0.05) is 26.2 Å². The third-order valence-corrected chi connectivity index (χ3v) is 3.79. The molecule has 0 aliphatic heterocycles. The molecule has 2 aromatic rings. The summed E-state index contributed by atoms with van der Waals surface area (Å²) in [6.45, 7) is 4.93. The van der Waals surface area contributed by atoms with Crippen LogP contribution in [0, 0.1) is 6.92 Å². The van der Waals surface area contributed by atoms with Crippen molar-refractivity contribution in [2.75, 3.05) is 12.0 Å². The van der Waals surface area contributed by atoms with Gasteiger partial charge < -0.3 is 4.74 Å². The van der Waals surface area contributed by atoms with E-state index in [4.69, 9.17) is 10.6 Å². The van der Waals surface area contributed by atoms with E-state index in [1.807, 2.05) is 6.92 Å². The Hall–Kier alpha value is -1.40. The fraction of sp³-hybridized carbons (Fsp3) is 0.538. The largest absolute Gasteiger partial charge is 0.477 e. The lowest BCUT2D eigenvalue weighted by atomic mass is 10.2. The van der Waals surface area contributed by atoms with Crippen LogP contribution in [0.1, 0.15) is 37.5 Å². The number of nitrogens with zero attached hydrogens (tertiary/aromatic N) is 2. The van der Waals surface area contributed by atoms with Gasteiger partial charge in [-0.25, -0.2) is 10.8 Å². The molecule has 2 aromatic heterocycles. The van der Waals surface area contributed by atoms with Crippen LogP contribution in [-0.2, 0) is 0 Å². The first-order valence-electron chi connectivity index (χ1n) is 6.62. The van der Waals surface area contributed by atoms with Crippen LogP contribution in [0.25, 0.3) is 10.2 Å². The molecule has 5 nitrogen and oxygen atoms in total. The Morgan fingerprint density at radius 3 is 2.89 bits per heavy atom. The molecular weight excluding hydrogens is 260 g/mol. The predicted molar refractivity (Wildman–Crippen MR) is 79.6 cm³/mol. The van der Waals surface area contributed by atoms with E-state index < -0.39 is 0 Å². The van der Waals surface area contributed by atoms with Crippen molar-refractivity contribution in [1.29, 1.82) is 0 Å². The topological polar surface area (TPSA) is 73.1 Å². The fourth-order valence-corrected chi connectivity index (χ4v) is 2.76. The summed E-state index contributed by atoms with van der Waals surface area (Å²) in [6.07, 6.45) is 4.71. The third-order valence-electron chi connectivity index (χ3n) is 2.85. The normalized spacial score (nSPS) is 10.9. The number of hydrogen-bond acceptors (Lipinski definition) is 6. The second kappa shape index (κ2) is 6.68. The molecule has 2 rings (SSSR count). The highest BCUT2D eigenvalue weighted by Crippen LogP contribution is 2.30. The number of aryl methyl sites for hydroxylation is 1. The van der Waals surface area contributed by atoms with E-state index in [1.54, 1.807) is 11.3 Å². The van der Waals surface area contributed by atoms with Crippen molar-refractivity contribution in [3.63, 3.8) is 0 Å². The number of aromatic nitrogens is 2. The highest BCUT2D eigenvalue weighted by atomic mass is 32.1. The minimum Gasteiger partial charge on any atom is -0.477 e. The van der Waals surface area contributed by atoms with E-state index in [9.17, 15) is 0 Å². The molecular formula is C13H20N4OS. The van der Waals surface area contributed by atoms with E-state index in [0.717, 1.165) is 16.6 Å². The summed E-state index contributed by atoms with van der Waals surface area (Å²) in [5.41, 5.74) is 2.48. The Balaban J connectivity index is 2.11. The van der Waals surface area contributed by atoms with Crippen molar-refractivity contribution in [2.24, 2.45) is 5.84 Å². The van der Waals surface area contributed by atoms with Gasteiger partial charge in [-0.2, -0.15) is 4.98 Å². The number of nitrogen functional groups attached to an aromatic ring is 1. The van der Waals surface area contributed by atoms with E-state index in [-0.39, 0.29) is 0 Å². The van der Waals surface area contributed by atoms with Crippen LogP contribution in [0.15, 0.2) is 6.07 Å². The van der Waals surface area contributed by atoms with Crippen molar-refractivity contribution in [1.82, 2.24) is 9.97 Å². The summed E-state index contributed by atoms with van der Waals surface area (Å²) >= 11 is 1.62. The molecule has 6 heteroatoms. The van der Waals surface area contributed by atoms with Gasteiger partial charge in [0.05, 0.1) is 12.0 Å². The first kappa shape index (κ1) is 14.0. The maximum Gasteiger partial charge on any atom is 0.241 e. The molecule has 104 valence electrons. The molecule has 0 atom stereocenters.